The zero-order valence-electron chi connectivity index (χ0n) is 18.2. The van der Waals surface area contributed by atoms with Gasteiger partial charge in [-0.1, -0.05) is 26.0 Å². The molecule has 6 heteroatoms. The molecule has 0 N–H and O–H groups in total. The van der Waals surface area contributed by atoms with Crippen molar-refractivity contribution in [2.24, 2.45) is 45.3 Å². The van der Waals surface area contributed by atoms with Crippen molar-refractivity contribution in [2.75, 3.05) is 0 Å². The molecule has 0 amide bonds. The molecule has 31 heavy (non-hydrogen) atoms. The Morgan fingerprint density at radius 2 is 1.81 bits per heavy atom. The number of rotatable bonds is 1. The highest BCUT2D eigenvalue weighted by atomic mass is 16.6. The van der Waals surface area contributed by atoms with E-state index in [1.807, 2.05) is 0 Å². The van der Waals surface area contributed by atoms with Crippen LogP contribution >= 0.6 is 0 Å². The Morgan fingerprint density at radius 1 is 1.06 bits per heavy atom. The summed E-state index contributed by atoms with van der Waals surface area (Å²) in [7, 11) is 0. The molecule has 8 rings (SSSR count). The van der Waals surface area contributed by atoms with Crippen molar-refractivity contribution < 1.29 is 28.7 Å². The molecule has 6 fully saturated rings. The quantitative estimate of drug-likeness (QED) is 0.278. The first kappa shape index (κ1) is 18.7. The van der Waals surface area contributed by atoms with Gasteiger partial charge in [-0.05, 0) is 43.9 Å². The molecule has 0 aromatic rings. The minimum absolute atomic E-state index is 0.0524. The summed E-state index contributed by atoms with van der Waals surface area (Å²) in [6, 6.07) is 0. The number of carbonyl (C=O) groups excluding carboxylic acids is 4. The van der Waals surface area contributed by atoms with Crippen LogP contribution in [0.2, 0.25) is 0 Å². The van der Waals surface area contributed by atoms with Gasteiger partial charge in [-0.15, -0.1) is 0 Å². The summed E-state index contributed by atoms with van der Waals surface area (Å²) >= 11 is 0. The number of hydrogen-bond acceptors (Lipinski definition) is 6. The molecule has 10 atom stereocenters. The van der Waals surface area contributed by atoms with E-state index in [1.165, 1.54) is 0 Å². The molecule has 6 nitrogen and oxygen atoms in total. The standard InChI is InChI=1S/C25H28O6/c1-12(26)14-4-5-15-21(14,2)11-16-25(31-16)22(3)7-6-13(27)10-23(22)8-9-24(15,25)18-17(23)19(28)30-20(18)29/h8-9,14-18H,4-7,10-11H2,1-3H3/t14-,15-,16+,17-,18-,21-,22+,23+,24+,25+/m1/s1. The largest absolute Gasteiger partial charge is 0.393 e. The van der Waals surface area contributed by atoms with E-state index < -0.39 is 45.6 Å². The molecule has 2 saturated heterocycles. The normalized spacial score (nSPS) is 60.0. The van der Waals surface area contributed by atoms with Gasteiger partial charge in [0.15, 0.2) is 0 Å². The van der Waals surface area contributed by atoms with Crippen molar-refractivity contribution in [1.82, 2.24) is 0 Å². The number of ketones is 2. The molecule has 0 unspecified atom stereocenters. The third-order valence-corrected chi connectivity index (χ3v) is 11.4. The van der Waals surface area contributed by atoms with Gasteiger partial charge in [0.05, 0.1) is 17.9 Å². The van der Waals surface area contributed by atoms with E-state index in [1.54, 1.807) is 6.92 Å². The fourth-order valence-electron chi connectivity index (χ4n) is 10.5. The van der Waals surface area contributed by atoms with E-state index in [0.29, 0.717) is 12.8 Å². The summed E-state index contributed by atoms with van der Waals surface area (Å²) in [5, 5.41) is 0. The third kappa shape index (κ3) is 1.53. The average Bonchev–Trinajstić information content (AvgIpc) is 3.18. The smallest absolute Gasteiger partial charge is 0.318 e. The van der Waals surface area contributed by atoms with Gasteiger partial charge >= 0.3 is 11.9 Å². The van der Waals surface area contributed by atoms with Crippen molar-refractivity contribution in [3.05, 3.63) is 12.2 Å². The summed E-state index contributed by atoms with van der Waals surface area (Å²) < 4.78 is 12.0. The minimum atomic E-state index is -0.723. The van der Waals surface area contributed by atoms with Crippen LogP contribution in [0.4, 0.5) is 0 Å². The highest BCUT2D eigenvalue weighted by molar-refractivity contribution is 6.00. The molecule has 0 radical (unpaired) electrons. The Hall–Kier alpha value is -1.82. The molecule has 0 aromatic heterocycles. The maximum Gasteiger partial charge on any atom is 0.318 e. The van der Waals surface area contributed by atoms with Crippen molar-refractivity contribution in [3.63, 3.8) is 0 Å². The second-order valence-electron chi connectivity index (χ2n) is 11.9. The van der Waals surface area contributed by atoms with E-state index >= 15 is 0 Å². The predicted octanol–water partition coefficient (Wildman–Crippen LogP) is 2.78. The van der Waals surface area contributed by atoms with Crippen molar-refractivity contribution in [1.29, 1.82) is 0 Å². The highest BCUT2D eigenvalue weighted by Crippen LogP contribution is 2.88. The van der Waals surface area contributed by atoms with Crippen LogP contribution in [0.25, 0.3) is 0 Å². The number of allylic oxidation sites excluding steroid dienone is 1. The molecule has 2 aliphatic heterocycles. The second kappa shape index (κ2) is 4.90. The maximum atomic E-state index is 13.3. The van der Waals surface area contributed by atoms with Crippen LogP contribution < -0.4 is 0 Å². The van der Waals surface area contributed by atoms with Gasteiger partial charge in [-0.3, -0.25) is 19.2 Å². The Morgan fingerprint density at radius 3 is 2.55 bits per heavy atom. The minimum Gasteiger partial charge on any atom is -0.393 e. The first-order chi connectivity index (χ1) is 14.6. The second-order valence-corrected chi connectivity index (χ2v) is 11.9. The summed E-state index contributed by atoms with van der Waals surface area (Å²) in [6.07, 6.45) is 8.11. The molecule has 4 saturated carbocycles. The Labute approximate surface area is 181 Å². The Kier molecular flexibility index (Phi) is 2.96. The number of epoxide rings is 1. The number of Topliss-reactive ketones (excluding diaryl/α,β-unsaturated/α-hetero) is 2. The Bertz CT molecular complexity index is 1040. The molecular weight excluding hydrogens is 396 g/mol. The van der Waals surface area contributed by atoms with E-state index in [0.717, 1.165) is 19.3 Å². The average molecular weight is 424 g/mol. The summed E-state index contributed by atoms with van der Waals surface area (Å²) in [4.78, 5) is 51.8. The fourth-order valence-corrected chi connectivity index (χ4v) is 10.5. The van der Waals surface area contributed by atoms with E-state index in [-0.39, 0.29) is 41.3 Å². The predicted molar refractivity (Wildman–Crippen MR) is 106 cm³/mol. The monoisotopic (exact) mass is 424 g/mol. The summed E-state index contributed by atoms with van der Waals surface area (Å²) in [5.74, 6) is -1.81. The number of cyclic esters (lactones) is 2. The van der Waals surface area contributed by atoms with Gasteiger partial charge in [-0.2, -0.15) is 0 Å². The molecule has 0 aromatic carbocycles. The fraction of sp³-hybridized carbons (Fsp3) is 0.760. The van der Waals surface area contributed by atoms with Crippen LogP contribution in [-0.2, 0) is 28.7 Å². The molecule has 8 aliphatic rings. The van der Waals surface area contributed by atoms with Gasteiger partial charge in [0.1, 0.15) is 17.2 Å². The van der Waals surface area contributed by atoms with Crippen LogP contribution in [-0.4, -0.2) is 35.2 Å². The van der Waals surface area contributed by atoms with E-state index in [4.69, 9.17) is 9.47 Å². The molecule has 2 bridgehead atoms. The van der Waals surface area contributed by atoms with Gasteiger partial charge in [0, 0.05) is 35.0 Å². The molecule has 3 spiro atoms. The van der Waals surface area contributed by atoms with Crippen LogP contribution in [0.3, 0.4) is 0 Å². The first-order valence-corrected chi connectivity index (χ1v) is 11.7. The number of carbonyl (C=O) groups is 4. The van der Waals surface area contributed by atoms with Crippen LogP contribution in [0.1, 0.15) is 59.3 Å². The van der Waals surface area contributed by atoms with Gasteiger partial charge < -0.3 is 9.47 Å². The molecule has 2 heterocycles. The number of fused-ring (bicyclic) bond motifs is 1. The SMILES string of the molecule is CC(=O)[C@H]1CC[C@@H]2[C@]1(C)C[C@@H]1O[C@@]13[C@@]21C=C[C@]2(CC(=O)CC[C@]32C)[C@H]2C(=O)OC(=O)[C@@H]21. The Balaban J connectivity index is 1.54. The highest BCUT2D eigenvalue weighted by Gasteiger charge is 2.94. The van der Waals surface area contributed by atoms with Crippen molar-refractivity contribution in [2.45, 2.75) is 71.0 Å². The summed E-state index contributed by atoms with van der Waals surface area (Å²) in [6.45, 7) is 6.08. The van der Waals surface area contributed by atoms with Crippen molar-refractivity contribution >= 4 is 23.5 Å². The zero-order valence-corrected chi connectivity index (χ0v) is 18.2. The maximum absolute atomic E-state index is 13.3. The number of ether oxygens (including phenoxy) is 2. The van der Waals surface area contributed by atoms with Gasteiger partial charge in [0.25, 0.3) is 0 Å². The van der Waals surface area contributed by atoms with Crippen LogP contribution in [0.5, 0.6) is 0 Å². The molecule has 6 aliphatic carbocycles. The first-order valence-electron chi connectivity index (χ1n) is 11.7. The third-order valence-electron chi connectivity index (χ3n) is 11.4. The number of hydrogen-bond donors (Lipinski definition) is 0. The van der Waals surface area contributed by atoms with Gasteiger partial charge in [0.2, 0.25) is 0 Å². The lowest BCUT2D eigenvalue weighted by molar-refractivity contribution is -0.225. The van der Waals surface area contributed by atoms with Gasteiger partial charge in [-0.25, -0.2) is 0 Å². The lowest BCUT2D eigenvalue weighted by Crippen LogP contribution is -2.77. The lowest BCUT2D eigenvalue weighted by Gasteiger charge is -2.72. The van der Waals surface area contributed by atoms with E-state index in [2.05, 4.69) is 26.0 Å². The van der Waals surface area contributed by atoms with E-state index in [9.17, 15) is 19.2 Å². The zero-order chi connectivity index (χ0) is 21.8. The summed E-state index contributed by atoms with van der Waals surface area (Å²) in [5.41, 5.74) is -2.61. The lowest BCUT2D eigenvalue weighted by atomic mass is 9.27. The van der Waals surface area contributed by atoms with Crippen LogP contribution in [0.15, 0.2) is 12.2 Å². The molecule has 164 valence electrons. The topological polar surface area (TPSA) is 90.0 Å². The molecular formula is C25H28O6. The van der Waals surface area contributed by atoms with Crippen molar-refractivity contribution in [3.8, 4) is 0 Å². The van der Waals surface area contributed by atoms with Crippen LogP contribution in [0, 0.1) is 45.3 Å². The number of esters is 2.